The lowest BCUT2D eigenvalue weighted by atomic mass is 10.2. The molecule has 2 N–H and O–H groups in total. The summed E-state index contributed by atoms with van der Waals surface area (Å²) in [6.07, 6.45) is 0. The van der Waals surface area contributed by atoms with Crippen molar-refractivity contribution in [2.24, 2.45) is 0 Å². The molecule has 0 aliphatic carbocycles. The second kappa shape index (κ2) is 3.66. The van der Waals surface area contributed by atoms with Crippen LogP contribution in [0.15, 0.2) is 35.1 Å². The molecule has 1 aromatic carbocycles. The Balaban J connectivity index is 2.46. The molecule has 0 saturated heterocycles. The van der Waals surface area contributed by atoms with Crippen molar-refractivity contribution in [3.05, 3.63) is 46.4 Å². The minimum absolute atomic E-state index is 0.0873. The van der Waals surface area contributed by atoms with Crippen molar-refractivity contribution >= 4 is 22.6 Å². The van der Waals surface area contributed by atoms with Gasteiger partial charge >= 0.3 is 5.69 Å². The second-order valence-corrected chi connectivity index (χ2v) is 3.76. The van der Waals surface area contributed by atoms with Crippen LogP contribution in [0.3, 0.4) is 0 Å². The van der Waals surface area contributed by atoms with Crippen molar-refractivity contribution < 1.29 is 4.79 Å². The van der Waals surface area contributed by atoms with Gasteiger partial charge in [-0.1, -0.05) is 18.2 Å². The Morgan fingerprint density at radius 2 is 2.00 bits per heavy atom. The average Bonchev–Trinajstić information content (AvgIpc) is 2.58. The Bertz CT molecular complexity index is 544. The van der Waals surface area contributed by atoms with E-state index in [9.17, 15) is 9.59 Å². The minimum atomic E-state index is -0.633. The number of nitrogens with zero attached hydrogens (tertiary/aromatic N) is 2. The molecule has 76 valence electrons. The number of nitrogen functional groups attached to an aromatic ring is 1. The van der Waals surface area contributed by atoms with Crippen LogP contribution in [0, 0.1) is 0 Å². The molecule has 0 atom stereocenters. The summed E-state index contributed by atoms with van der Waals surface area (Å²) < 4.78 is 0.935. The van der Waals surface area contributed by atoms with Crippen LogP contribution >= 0.6 is 11.5 Å². The lowest BCUT2D eigenvalue weighted by Crippen LogP contribution is -2.22. The fourth-order valence-electron chi connectivity index (χ4n) is 1.12. The predicted molar refractivity (Wildman–Crippen MR) is 57.0 cm³/mol. The summed E-state index contributed by atoms with van der Waals surface area (Å²) in [6.45, 7) is 0. The zero-order valence-electron chi connectivity index (χ0n) is 7.58. The first-order chi connectivity index (χ1) is 7.18. The summed E-state index contributed by atoms with van der Waals surface area (Å²) in [5.41, 5.74) is 5.13. The van der Waals surface area contributed by atoms with Crippen LogP contribution in [-0.4, -0.2) is 14.8 Å². The monoisotopic (exact) mass is 221 g/mol. The zero-order chi connectivity index (χ0) is 10.8. The van der Waals surface area contributed by atoms with Crippen molar-refractivity contribution in [3.8, 4) is 0 Å². The fourth-order valence-corrected chi connectivity index (χ4v) is 1.73. The SMILES string of the molecule is Nc1nc(=O)n(C(=O)c2ccccc2)s1. The molecule has 0 aliphatic heterocycles. The normalized spacial score (nSPS) is 10.1. The number of hydrogen-bond acceptors (Lipinski definition) is 5. The van der Waals surface area contributed by atoms with E-state index in [1.807, 2.05) is 0 Å². The molecule has 1 heterocycles. The number of carbonyl (C=O) groups is 1. The molecular formula is C9H7N3O2S. The van der Waals surface area contributed by atoms with E-state index in [0.717, 1.165) is 15.5 Å². The van der Waals surface area contributed by atoms with Crippen molar-refractivity contribution in [2.45, 2.75) is 0 Å². The highest BCUT2D eigenvalue weighted by molar-refractivity contribution is 7.11. The van der Waals surface area contributed by atoms with Crippen LogP contribution in [0.2, 0.25) is 0 Å². The van der Waals surface area contributed by atoms with Gasteiger partial charge in [-0.15, -0.1) is 0 Å². The quantitative estimate of drug-likeness (QED) is 0.763. The third-order valence-corrected chi connectivity index (χ3v) is 2.55. The highest BCUT2D eigenvalue weighted by Crippen LogP contribution is 2.07. The molecule has 0 spiro atoms. The maximum atomic E-state index is 11.8. The van der Waals surface area contributed by atoms with Crippen LogP contribution in [0.5, 0.6) is 0 Å². The molecule has 0 aliphatic rings. The zero-order valence-corrected chi connectivity index (χ0v) is 8.40. The predicted octanol–water partition coefficient (Wildman–Crippen LogP) is 0.575. The summed E-state index contributed by atoms with van der Waals surface area (Å²) in [4.78, 5) is 26.4. The van der Waals surface area contributed by atoms with E-state index in [2.05, 4.69) is 4.98 Å². The molecule has 2 aromatic rings. The largest absolute Gasteiger partial charge is 0.374 e. The Morgan fingerprint density at radius 1 is 1.33 bits per heavy atom. The number of hydrogen-bond donors (Lipinski definition) is 1. The van der Waals surface area contributed by atoms with Gasteiger partial charge in [0.15, 0.2) is 0 Å². The van der Waals surface area contributed by atoms with Crippen LogP contribution in [0.4, 0.5) is 5.13 Å². The lowest BCUT2D eigenvalue weighted by Gasteiger charge is -1.97. The van der Waals surface area contributed by atoms with Crippen molar-refractivity contribution in [1.29, 1.82) is 0 Å². The number of nitrogens with two attached hydrogens (primary N) is 1. The molecule has 0 saturated carbocycles. The number of anilines is 1. The van der Waals surface area contributed by atoms with Crippen molar-refractivity contribution in [3.63, 3.8) is 0 Å². The van der Waals surface area contributed by atoms with E-state index >= 15 is 0 Å². The average molecular weight is 221 g/mol. The van der Waals surface area contributed by atoms with Gasteiger partial charge in [-0.25, -0.2) is 4.79 Å². The molecule has 2 rings (SSSR count). The van der Waals surface area contributed by atoms with E-state index in [1.54, 1.807) is 30.3 Å². The van der Waals surface area contributed by atoms with Gasteiger partial charge in [0, 0.05) is 5.56 Å². The van der Waals surface area contributed by atoms with Crippen LogP contribution in [0.1, 0.15) is 10.4 Å². The molecule has 1 aromatic heterocycles. The number of benzene rings is 1. The van der Waals surface area contributed by atoms with Gasteiger partial charge in [0.1, 0.15) is 0 Å². The minimum Gasteiger partial charge on any atom is -0.374 e. The van der Waals surface area contributed by atoms with Gasteiger partial charge in [0.25, 0.3) is 5.91 Å². The summed E-state index contributed by atoms with van der Waals surface area (Å²) in [5, 5.41) is 0.0873. The summed E-state index contributed by atoms with van der Waals surface area (Å²) in [5.74, 6) is -0.408. The Labute approximate surface area is 88.9 Å². The Hall–Kier alpha value is -1.95. The van der Waals surface area contributed by atoms with Gasteiger partial charge in [0.2, 0.25) is 5.13 Å². The number of rotatable bonds is 1. The van der Waals surface area contributed by atoms with Gasteiger partial charge in [-0.3, -0.25) is 4.79 Å². The summed E-state index contributed by atoms with van der Waals surface area (Å²) >= 11 is 0.839. The Kier molecular flexibility index (Phi) is 2.34. The van der Waals surface area contributed by atoms with Crippen molar-refractivity contribution in [1.82, 2.24) is 8.94 Å². The third-order valence-electron chi connectivity index (χ3n) is 1.77. The molecule has 5 nitrogen and oxygen atoms in total. The van der Waals surface area contributed by atoms with Crippen LogP contribution < -0.4 is 11.4 Å². The highest BCUT2D eigenvalue weighted by Gasteiger charge is 2.13. The maximum absolute atomic E-state index is 11.8. The number of carbonyl (C=O) groups excluding carboxylic acids is 1. The van der Waals surface area contributed by atoms with Gasteiger partial charge in [0.05, 0.1) is 0 Å². The maximum Gasteiger partial charge on any atom is 0.367 e. The van der Waals surface area contributed by atoms with Crippen LogP contribution in [0.25, 0.3) is 0 Å². The Morgan fingerprint density at radius 3 is 2.53 bits per heavy atom. The molecule has 0 radical (unpaired) electrons. The standard InChI is InChI=1S/C9H7N3O2S/c10-8-11-9(14)12(15-8)7(13)6-4-2-1-3-5-6/h1-5H,(H2,10,11,14). The van der Waals surface area contributed by atoms with Gasteiger partial charge < -0.3 is 5.73 Å². The van der Waals surface area contributed by atoms with Crippen LogP contribution in [-0.2, 0) is 0 Å². The molecular weight excluding hydrogens is 214 g/mol. The molecule has 6 heteroatoms. The molecule has 0 fully saturated rings. The first-order valence-electron chi connectivity index (χ1n) is 4.14. The highest BCUT2D eigenvalue weighted by atomic mass is 32.1. The summed E-state index contributed by atoms with van der Waals surface area (Å²) in [6, 6.07) is 8.50. The molecule has 15 heavy (non-hydrogen) atoms. The first-order valence-corrected chi connectivity index (χ1v) is 4.91. The fraction of sp³-hybridized carbons (Fsp3) is 0. The van der Waals surface area contributed by atoms with Gasteiger partial charge in [-0.2, -0.15) is 8.94 Å². The smallest absolute Gasteiger partial charge is 0.367 e. The molecule has 0 amide bonds. The molecule has 0 unspecified atom stereocenters. The second-order valence-electron chi connectivity index (χ2n) is 2.79. The van der Waals surface area contributed by atoms with E-state index in [0.29, 0.717) is 5.56 Å². The first kappa shape index (κ1) is 9.60. The summed E-state index contributed by atoms with van der Waals surface area (Å²) in [7, 11) is 0. The topological polar surface area (TPSA) is 78.0 Å². The molecule has 0 bridgehead atoms. The number of aromatic nitrogens is 2. The van der Waals surface area contributed by atoms with E-state index in [-0.39, 0.29) is 5.13 Å². The van der Waals surface area contributed by atoms with Crippen molar-refractivity contribution in [2.75, 3.05) is 5.73 Å². The lowest BCUT2D eigenvalue weighted by molar-refractivity contribution is 0.0967. The third kappa shape index (κ3) is 1.79. The van der Waals surface area contributed by atoms with E-state index < -0.39 is 11.6 Å². The van der Waals surface area contributed by atoms with E-state index in [1.165, 1.54) is 0 Å². The van der Waals surface area contributed by atoms with Gasteiger partial charge in [-0.05, 0) is 23.7 Å². The van der Waals surface area contributed by atoms with E-state index in [4.69, 9.17) is 5.73 Å².